The van der Waals surface area contributed by atoms with Gasteiger partial charge in [-0.05, 0) is 48.9 Å². The number of hydrogen-bond donors (Lipinski definition) is 0. The fourth-order valence-corrected chi connectivity index (χ4v) is 2.64. The van der Waals surface area contributed by atoms with Crippen molar-refractivity contribution in [1.82, 2.24) is 4.90 Å². The van der Waals surface area contributed by atoms with Crippen molar-refractivity contribution in [3.8, 4) is 0 Å². The lowest BCUT2D eigenvalue weighted by Gasteiger charge is -2.26. The van der Waals surface area contributed by atoms with Crippen LogP contribution in [-0.4, -0.2) is 29.2 Å². The van der Waals surface area contributed by atoms with Crippen LogP contribution in [0.5, 0.6) is 0 Å². The standard InChI is InChI=1S/C14H18ClF2NOS/c1-3-9-18(10-4-2)13(19)14(16,17)20-12-7-5-11(15)6-8-12/h5-8H,3-4,9-10H2,1-2H3. The molecule has 0 saturated heterocycles. The first-order valence-corrected chi connectivity index (χ1v) is 7.72. The van der Waals surface area contributed by atoms with E-state index in [0.29, 0.717) is 35.8 Å². The van der Waals surface area contributed by atoms with Crippen molar-refractivity contribution in [3.63, 3.8) is 0 Å². The van der Waals surface area contributed by atoms with Crippen molar-refractivity contribution >= 4 is 29.3 Å². The highest BCUT2D eigenvalue weighted by atomic mass is 35.5. The van der Waals surface area contributed by atoms with Gasteiger partial charge in [-0.15, -0.1) is 0 Å². The van der Waals surface area contributed by atoms with E-state index < -0.39 is 11.2 Å². The highest BCUT2D eigenvalue weighted by molar-refractivity contribution is 8.01. The van der Waals surface area contributed by atoms with Gasteiger partial charge in [0.05, 0.1) is 0 Å². The van der Waals surface area contributed by atoms with Crippen LogP contribution in [0.4, 0.5) is 8.78 Å². The van der Waals surface area contributed by atoms with Gasteiger partial charge in [0, 0.05) is 23.0 Å². The summed E-state index contributed by atoms with van der Waals surface area (Å²) >= 11 is 5.97. The summed E-state index contributed by atoms with van der Waals surface area (Å²) in [6, 6.07) is 6.02. The lowest BCUT2D eigenvalue weighted by Crippen LogP contribution is -2.42. The van der Waals surface area contributed by atoms with Crippen LogP contribution in [0.25, 0.3) is 0 Å². The van der Waals surface area contributed by atoms with Crippen LogP contribution in [0, 0.1) is 0 Å². The monoisotopic (exact) mass is 321 g/mol. The maximum atomic E-state index is 14.0. The summed E-state index contributed by atoms with van der Waals surface area (Å²) in [5.41, 5.74) is 0. The Morgan fingerprint density at radius 1 is 1.20 bits per heavy atom. The second kappa shape index (κ2) is 7.84. The second-order valence-corrected chi connectivity index (χ2v) is 5.99. The number of hydrogen-bond acceptors (Lipinski definition) is 2. The van der Waals surface area contributed by atoms with E-state index in [2.05, 4.69) is 0 Å². The van der Waals surface area contributed by atoms with Gasteiger partial charge in [-0.3, -0.25) is 4.79 Å². The molecule has 0 fully saturated rings. The summed E-state index contributed by atoms with van der Waals surface area (Å²) in [4.78, 5) is 13.5. The molecular formula is C14H18ClF2NOS. The van der Waals surface area contributed by atoms with Crippen molar-refractivity contribution < 1.29 is 13.6 Å². The summed E-state index contributed by atoms with van der Waals surface area (Å²) in [6.45, 7) is 4.42. The van der Waals surface area contributed by atoms with Gasteiger partial charge in [-0.2, -0.15) is 8.78 Å². The third kappa shape index (κ3) is 4.94. The lowest BCUT2D eigenvalue weighted by molar-refractivity contribution is -0.146. The summed E-state index contributed by atoms with van der Waals surface area (Å²) < 4.78 is 28.1. The van der Waals surface area contributed by atoms with Gasteiger partial charge in [0.2, 0.25) is 0 Å². The average molecular weight is 322 g/mol. The third-order valence-corrected chi connectivity index (χ3v) is 3.77. The number of carbonyl (C=O) groups excluding carboxylic acids is 1. The van der Waals surface area contributed by atoms with Gasteiger partial charge < -0.3 is 4.90 Å². The molecule has 0 N–H and O–H groups in total. The first-order valence-electron chi connectivity index (χ1n) is 6.52. The van der Waals surface area contributed by atoms with Crippen molar-refractivity contribution in [2.24, 2.45) is 0 Å². The Kier molecular flexibility index (Phi) is 6.76. The molecule has 0 aliphatic heterocycles. The minimum Gasteiger partial charge on any atom is -0.337 e. The van der Waals surface area contributed by atoms with Crippen molar-refractivity contribution in [2.45, 2.75) is 36.8 Å². The smallest absolute Gasteiger partial charge is 0.337 e. The molecule has 0 atom stereocenters. The van der Waals surface area contributed by atoms with E-state index in [-0.39, 0.29) is 11.8 Å². The molecule has 0 aromatic heterocycles. The number of rotatable bonds is 7. The fourth-order valence-electron chi connectivity index (χ4n) is 1.73. The van der Waals surface area contributed by atoms with E-state index in [4.69, 9.17) is 11.6 Å². The van der Waals surface area contributed by atoms with Crippen LogP contribution in [-0.2, 0) is 4.79 Å². The molecule has 0 aliphatic rings. The summed E-state index contributed by atoms with van der Waals surface area (Å²) in [5.74, 6) is -1.12. The number of benzene rings is 1. The van der Waals surface area contributed by atoms with E-state index in [1.165, 1.54) is 29.2 Å². The van der Waals surface area contributed by atoms with E-state index in [9.17, 15) is 13.6 Å². The molecule has 2 nitrogen and oxygen atoms in total. The predicted octanol–water partition coefficient (Wildman–Crippen LogP) is 4.67. The molecule has 0 saturated carbocycles. The largest absolute Gasteiger partial charge is 0.375 e. The first-order chi connectivity index (χ1) is 9.40. The van der Waals surface area contributed by atoms with Gasteiger partial charge in [0.1, 0.15) is 0 Å². The van der Waals surface area contributed by atoms with E-state index >= 15 is 0 Å². The van der Waals surface area contributed by atoms with Crippen LogP contribution in [0.1, 0.15) is 26.7 Å². The Bertz CT molecular complexity index is 433. The molecule has 1 amide bonds. The van der Waals surface area contributed by atoms with Crippen molar-refractivity contribution in [2.75, 3.05) is 13.1 Å². The van der Waals surface area contributed by atoms with Crippen molar-refractivity contribution in [3.05, 3.63) is 29.3 Å². The molecule has 6 heteroatoms. The third-order valence-electron chi connectivity index (χ3n) is 2.58. The molecule has 1 aromatic rings. The zero-order valence-electron chi connectivity index (χ0n) is 11.5. The van der Waals surface area contributed by atoms with Gasteiger partial charge in [0.25, 0.3) is 0 Å². The van der Waals surface area contributed by atoms with E-state index in [0.717, 1.165) is 0 Å². The predicted molar refractivity (Wildman–Crippen MR) is 79.4 cm³/mol. The number of carbonyl (C=O) groups is 1. The fraction of sp³-hybridized carbons (Fsp3) is 0.500. The Hall–Kier alpha value is -0.810. The average Bonchev–Trinajstić information content (AvgIpc) is 2.40. The number of amides is 1. The highest BCUT2D eigenvalue weighted by Crippen LogP contribution is 2.37. The molecule has 0 heterocycles. The molecule has 20 heavy (non-hydrogen) atoms. The highest BCUT2D eigenvalue weighted by Gasteiger charge is 2.42. The van der Waals surface area contributed by atoms with Crippen molar-refractivity contribution in [1.29, 1.82) is 0 Å². The SMILES string of the molecule is CCCN(CCC)C(=O)C(F)(F)Sc1ccc(Cl)cc1. The Morgan fingerprint density at radius 3 is 2.15 bits per heavy atom. The van der Waals surface area contributed by atoms with Crippen LogP contribution in [0.15, 0.2) is 29.2 Å². The lowest BCUT2D eigenvalue weighted by atomic mass is 10.3. The maximum absolute atomic E-state index is 14.0. The van der Waals surface area contributed by atoms with Gasteiger partial charge in [-0.25, -0.2) is 0 Å². The summed E-state index contributed by atoms with van der Waals surface area (Å²) in [6.07, 6.45) is 1.32. The molecule has 0 spiro atoms. The van der Waals surface area contributed by atoms with Gasteiger partial charge in [0.15, 0.2) is 0 Å². The Balaban J connectivity index is 2.79. The quantitative estimate of drug-likeness (QED) is 0.680. The molecule has 1 rings (SSSR count). The second-order valence-electron chi connectivity index (χ2n) is 4.36. The molecule has 0 radical (unpaired) electrons. The minimum atomic E-state index is -3.46. The van der Waals surface area contributed by atoms with E-state index in [1.54, 1.807) is 0 Å². The molecular weight excluding hydrogens is 304 g/mol. The molecule has 112 valence electrons. The molecule has 0 aliphatic carbocycles. The first kappa shape index (κ1) is 17.2. The Morgan fingerprint density at radius 2 is 1.70 bits per heavy atom. The number of halogens is 3. The molecule has 0 bridgehead atoms. The molecule has 1 aromatic carbocycles. The number of nitrogens with zero attached hydrogens (tertiary/aromatic N) is 1. The number of alkyl halides is 2. The zero-order valence-corrected chi connectivity index (χ0v) is 13.1. The van der Waals surface area contributed by atoms with E-state index in [1.807, 2.05) is 13.8 Å². The van der Waals surface area contributed by atoms with Gasteiger partial charge in [-0.1, -0.05) is 25.4 Å². The summed E-state index contributed by atoms with van der Waals surface area (Å²) in [5, 5.41) is -2.99. The van der Waals surface area contributed by atoms with Crippen LogP contribution in [0.3, 0.4) is 0 Å². The maximum Gasteiger partial charge on any atom is 0.375 e. The summed E-state index contributed by atoms with van der Waals surface area (Å²) in [7, 11) is 0. The van der Waals surface area contributed by atoms with Crippen LogP contribution in [0.2, 0.25) is 5.02 Å². The molecule has 0 unspecified atom stereocenters. The minimum absolute atomic E-state index is 0.260. The zero-order chi connectivity index (χ0) is 15.2. The van der Waals surface area contributed by atoms with Gasteiger partial charge >= 0.3 is 11.2 Å². The Labute approximate surface area is 127 Å². The normalized spacial score (nSPS) is 11.4. The van der Waals surface area contributed by atoms with Crippen LogP contribution < -0.4 is 0 Å². The van der Waals surface area contributed by atoms with Crippen LogP contribution >= 0.6 is 23.4 Å². The topological polar surface area (TPSA) is 20.3 Å². The number of thioether (sulfide) groups is 1.